The molecule has 1 aliphatic rings. The van der Waals surface area contributed by atoms with Crippen molar-refractivity contribution in [2.24, 2.45) is 0 Å². The Labute approximate surface area is 223 Å². The van der Waals surface area contributed by atoms with Crippen LogP contribution in [0.2, 0.25) is 0 Å². The van der Waals surface area contributed by atoms with Crippen molar-refractivity contribution in [3.8, 4) is 0 Å². The van der Waals surface area contributed by atoms with Crippen LogP contribution in [-0.2, 0) is 28.3 Å². The lowest BCUT2D eigenvalue weighted by molar-refractivity contribution is -0.139. The molecule has 2 amide bonds. The molecule has 1 saturated carbocycles. The fraction of sp³-hybridized carbons (Fsp3) is 0.355. The molecule has 1 atom stereocenters. The molecule has 1 aliphatic carbocycles. The average molecular weight is 519 g/mol. The molecule has 3 aromatic rings. The highest BCUT2D eigenvalue weighted by molar-refractivity contribution is 7.99. The van der Waals surface area contributed by atoms with E-state index < -0.39 is 6.04 Å². The van der Waals surface area contributed by atoms with Gasteiger partial charge in [-0.15, -0.1) is 11.8 Å². The van der Waals surface area contributed by atoms with Gasteiger partial charge in [0, 0.05) is 24.8 Å². The smallest absolute Gasteiger partial charge is 0.243 e. The molecule has 37 heavy (non-hydrogen) atoms. The van der Waals surface area contributed by atoms with E-state index in [1.54, 1.807) is 17.0 Å². The molecule has 0 aromatic heterocycles. The van der Waals surface area contributed by atoms with Crippen LogP contribution in [0.3, 0.4) is 0 Å². The van der Waals surface area contributed by atoms with Gasteiger partial charge in [0.25, 0.3) is 0 Å². The summed E-state index contributed by atoms with van der Waals surface area (Å²) < 4.78 is 13.3. The minimum absolute atomic E-state index is 0.0714. The lowest BCUT2D eigenvalue weighted by Gasteiger charge is -2.32. The molecule has 6 heteroatoms. The van der Waals surface area contributed by atoms with E-state index in [4.69, 9.17) is 0 Å². The fourth-order valence-electron chi connectivity index (χ4n) is 4.81. The van der Waals surface area contributed by atoms with Gasteiger partial charge in [-0.2, -0.15) is 0 Å². The number of nitrogens with zero attached hydrogens (tertiary/aromatic N) is 1. The predicted molar refractivity (Wildman–Crippen MR) is 149 cm³/mol. The lowest BCUT2D eigenvalue weighted by Crippen LogP contribution is -2.52. The van der Waals surface area contributed by atoms with E-state index in [1.165, 1.54) is 23.9 Å². The summed E-state index contributed by atoms with van der Waals surface area (Å²) in [6.07, 6.45) is 4.69. The Kier molecular flexibility index (Phi) is 9.78. The predicted octanol–water partition coefficient (Wildman–Crippen LogP) is 6.07. The topological polar surface area (TPSA) is 49.4 Å². The number of hydrogen-bond acceptors (Lipinski definition) is 3. The Morgan fingerprint density at radius 3 is 2.32 bits per heavy atom. The number of halogens is 1. The van der Waals surface area contributed by atoms with Crippen LogP contribution < -0.4 is 5.32 Å². The number of amides is 2. The van der Waals surface area contributed by atoms with E-state index in [1.807, 2.05) is 61.5 Å². The third kappa shape index (κ3) is 7.93. The third-order valence-corrected chi connectivity index (χ3v) is 7.97. The maximum Gasteiger partial charge on any atom is 0.243 e. The number of thioether (sulfide) groups is 1. The van der Waals surface area contributed by atoms with Gasteiger partial charge in [0.2, 0.25) is 11.8 Å². The zero-order valence-electron chi connectivity index (χ0n) is 21.4. The van der Waals surface area contributed by atoms with Crippen molar-refractivity contribution >= 4 is 23.6 Å². The molecule has 3 aromatic carbocycles. The molecule has 194 valence electrons. The second-order valence-corrected chi connectivity index (χ2v) is 10.7. The van der Waals surface area contributed by atoms with Gasteiger partial charge in [0.1, 0.15) is 11.9 Å². The van der Waals surface area contributed by atoms with E-state index in [0.717, 1.165) is 47.9 Å². The van der Waals surface area contributed by atoms with Crippen LogP contribution in [0.1, 0.15) is 47.9 Å². The summed E-state index contributed by atoms with van der Waals surface area (Å²) in [5.41, 5.74) is 4.11. The Hall–Kier alpha value is -3.12. The lowest BCUT2D eigenvalue weighted by atomic mass is 10.0. The van der Waals surface area contributed by atoms with Gasteiger partial charge < -0.3 is 10.2 Å². The largest absolute Gasteiger partial charge is 0.352 e. The molecule has 4 nitrogen and oxygen atoms in total. The highest BCUT2D eigenvalue weighted by Gasteiger charge is 2.32. The molecular weight excluding hydrogens is 483 g/mol. The number of carbonyl (C=O) groups excluding carboxylic acids is 2. The van der Waals surface area contributed by atoms with Gasteiger partial charge in [-0.3, -0.25) is 9.59 Å². The minimum atomic E-state index is -0.610. The van der Waals surface area contributed by atoms with E-state index in [-0.39, 0.29) is 29.4 Å². The van der Waals surface area contributed by atoms with E-state index in [9.17, 15) is 14.0 Å². The maximum absolute atomic E-state index is 13.7. The van der Waals surface area contributed by atoms with Crippen molar-refractivity contribution in [1.29, 1.82) is 0 Å². The number of nitrogens with one attached hydrogen (secondary N) is 1. The van der Waals surface area contributed by atoms with Crippen molar-refractivity contribution in [3.63, 3.8) is 0 Å². The Bertz CT molecular complexity index is 1160. The van der Waals surface area contributed by atoms with E-state index in [2.05, 4.69) is 5.32 Å². The summed E-state index contributed by atoms with van der Waals surface area (Å²) >= 11 is 1.49. The molecule has 0 heterocycles. The molecule has 1 N–H and O–H groups in total. The average Bonchev–Trinajstić information content (AvgIpc) is 3.42. The van der Waals surface area contributed by atoms with Crippen LogP contribution in [-0.4, -0.2) is 34.6 Å². The number of hydrogen-bond donors (Lipinski definition) is 1. The van der Waals surface area contributed by atoms with Crippen LogP contribution in [0.4, 0.5) is 4.39 Å². The monoisotopic (exact) mass is 518 g/mol. The van der Waals surface area contributed by atoms with Crippen LogP contribution in [0, 0.1) is 12.7 Å². The molecule has 1 fully saturated rings. The first-order valence-corrected chi connectivity index (χ1v) is 14.2. The highest BCUT2D eigenvalue weighted by atomic mass is 32.2. The summed E-state index contributed by atoms with van der Waals surface area (Å²) in [6, 6.07) is 23.8. The number of carbonyl (C=O) groups is 2. The van der Waals surface area contributed by atoms with Crippen LogP contribution in [0.15, 0.2) is 78.9 Å². The van der Waals surface area contributed by atoms with Gasteiger partial charge in [0.05, 0.1) is 5.75 Å². The summed E-state index contributed by atoms with van der Waals surface area (Å²) in [6.45, 7) is 2.41. The van der Waals surface area contributed by atoms with Gasteiger partial charge >= 0.3 is 0 Å². The maximum atomic E-state index is 13.7. The van der Waals surface area contributed by atoms with Gasteiger partial charge in [-0.25, -0.2) is 4.39 Å². The highest BCUT2D eigenvalue weighted by Crippen LogP contribution is 2.22. The number of benzene rings is 3. The van der Waals surface area contributed by atoms with Crippen molar-refractivity contribution in [2.45, 2.75) is 63.4 Å². The second-order valence-electron chi connectivity index (χ2n) is 9.76. The molecule has 0 radical (unpaired) electrons. The molecule has 0 saturated heterocycles. The molecule has 0 unspecified atom stereocenters. The van der Waals surface area contributed by atoms with Gasteiger partial charge in [-0.1, -0.05) is 79.6 Å². The fourth-order valence-corrected chi connectivity index (χ4v) is 5.68. The molecular formula is C31H35FN2O2S. The van der Waals surface area contributed by atoms with Gasteiger partial charge in [0.15, 0.2) is 0 Å². The zero-order chi connectivity index (χ0) is 26.0. The molecule has 0 aliphatic heterocycles. The van der Waals surface area contributed by atoms with E-state index >= 15 is 0 Å². The van der Waals surface area contributed by atoms with Gasteiger partial charge in [-0.05, 0) is 54.2 Å². The quantitative estimate of drug-likeness (QED) is 0.335. The van der Waals surface area contributed by atoms with E-state index in [0.29, 0.717) is 18.7 Å². The van der Waals surface area contributed by atoms with Crippen LogP contribution in [0.5, 0.6) is 0 Å². The first-order chi connectivity index (χ1) is 18.0. The minimum Gasteiger partial charge on any atom is -0.352 e. The standard InChI is InChI=1S/C31H35FN2O2S/c1-23-9-5-6-12-26(23)20-34(30(35)22-37-21-25-15-17-27(32)18-16-25)29(19-24-10-3-2-4-11-24)31(36)33-28-13-7-8-14-28/h2-6,9-12,15-18,28-29H,7-8,13-14,19-22H2,1H3,(H,33,36)/t29-/m1/s1. The zero-order valence-corrected chi connectivity index (χ0v) is 22.2. The molecule has 4 rings (SSSR count). The van der Waals surface area contributed by atoms with Crippen LogP contribution >= 0.6 is 11.8 Å². The molecule has 0 spiro atoms. The Morgan fingerprint density at radius 1 is 0.946 bits per heavy atom. The summed E-state index contributed by atoms with van der Waals surface area (Å²) in [5.74, 6) is 0.415. The third-order valence-electron chi connectivity index (χ3n) is 6.98. The van der Waals surface area contributed by atoms with Crippen molar-refractivity contribution < 1.29 is 14.0 Å². The molecule has 0 bridgehead atoms. The van der Waals surface area contributed by atoms with Crippen LogP contribution in [0.25, 0.3) is 0 Å². The SMILES string of the molecule is Cc1ccccc1CN(C(=O)CSCc1ccc(F)cc1)[C@H](Cc1ccccc1)C(=O)NC1CCCC1. The van der Waals surface area contributed by atoms with Crippen molar-refractivity contribution in [1.82, 2.24) is 10.2 Å². The number of aryl methyl sites for hydroxylation is 1. The normalized spacial score (nSPS) is 14.3. The first kappa shape index (κ1) is 26.9. The summed E-state index contributed by atoms with van der Waals surface area (Å²) in [5, 5.41) is 3.25. The van der Waals surface area contributed by atoms with Crippen molar-refractivity contribution in [2.75, 3.05) is 5.75 Å². The summed E-state index contributed by atoms with van der Waals surface area (Å²) in [4.78, 5) is 29.2. The summed E-state index contributed by atoms with van der Waals surface area (Å²) in [7, 11) is 0. The Balaban J connectivity index is 1.56. The van der Waals surface area contributed by atoms with Crippen molar-refractivity contribution in [3.05, 3.63) is 107 Å². The first-order valence-electron chi connectivity index (χ1n) is 13.0. The second kappa shape index (κ2) is 13.4. The number of rotatable bonds is 11. The Morgan fingerprint density at radius 2 is 1.62 bits per heavy atom.